The fraction of sp³-hybridized carbons (Fsp3) is 0.207. The lowest BCUT2D eigenvalue weighted by Crippen LogP contribution is -2.45. The molecule has 0 aliphatic carbocycles. The number of ether oxygens (including phenoxy) is 1. The maximum absolute atomic E-state index is 13.6. The zero-order valence-electron chi connectivity index (χ0n) is 20.6. The molecule has 2 aliphatic heterocycles. The minimum absolute atomic E-state index is 0.0415. The van der Waals surface area contributed by atoms with Crippen molar-refractivity contribution in [2.75, 3.05) is 11.1 Å². The van der Waals surface area contributed by atoms with Crippen LogP contribution in [0.25, 0.3) is 0 Å². The van der Waals surface area contributed by atoms with Crippen molar-refractivity contribution in [2.45, 2.75) is 30.4 Å². The van der Waals surface area contributed by atoms with Crippen molar-refractivity contribution >= 4 is 52.7 Å². The van der Waals surface area contributed by atoms with E-state index in [1.807, 2.05) is 30.3 Å². The average Bonchev–Trinajstić information content (AvgIpc) is 2.94. The normalized spacial score (nSPS) is 18.2. The molecule has 0 saturated heterocycles. The Bertz CT molecular complexity index is 1530. The first kappa shape index (κ1) is 26.5. The van der Waals surface area contributed by atoms with Gasteiger partial charge >= 0.3 is 12.0 Å². The van der Waals surface area contributed by atoms with Crippen LogP contribution in [0.15, 0.2) is 76.6 Å². The molecule has 0 radical (unpaired) electrons. The number of carbonyl (C=O) groups is 3. The van der Waals surface area contributed by atoms with Gasteiger partial charge in [-0.05, 0) is 59.9 Å². The number of anilines is 1. The van der Waals surface area contributed by atoms with Crippen molar-refractivity contribution in [3.63, 3.8) is 0 Å². The molecule has 3 amide bonds. The number of thioether (sulfide) groups is 1. The van der Waals surface area contributed by atoms with E-state index in [4.69, 9.17) is 16.3 Å². The first-order valence-corrected chi connectivity index (χ1v) is 13.6. The zero-order valence-corrected chi connectivity index (χ0v) is 22.2. The summed E-state index contributed by atoms with van der Waals surface area (Å²) in [6, 6.07) is 20.4. The molecule has 3 aromatic carbocycles. The third-order valence-electron chi connectivity index (χ3n) is 6.51. The van der Waals surface area contributed by atoms with Gasteiger partial charge in [-0.2, -0.15) is 5.26 Å². The first-order chi connectivity index (χ1) is 18.9. The molecule has 0 aromatic heterocycles. The number of nitrogens with zero attached hydrogens (tertiary/aromatic N) is 2. The smallest absolute Gasteiger partial charge is 0.341 e. The molecule has 0 bridgehead atoms. The number of halogens is 1. The molecule has 0 spiro atoms. The Hall–Kier alpha value is -4.13. The van der Waals surface area contributed by atoms with Gasteiger partial charge in [-0.25, -0.2) is 9.79 Å². The average molecular weight is 559 g/mol. The number of benzene rings is 3. The molecule has 10 heteroatoms. The van der Waals surface area contributed by atoms with Gasteiger partial charge in [0.1, 0.15) is 12.5 Å². The highest BCUT2D eigenvalue weighted by Crippen LogP contribution is 2.37. The largest absolute Gasteiger partial charge is 0.460 e. The lowest BCUT2D eigenvalue weighted by molar-refractivity contribution is -0.148. The molecule has 2 N–H and O–H groups in total. The molecule has 3 aromatic rings. The molecule has 2 atom stereocenters. The van der Waals surface area contributed by atoms with Gasteiger partial charge in [-0.15, -0.1) is 11.8 Å². The Morgan fingerprint density at radius 2 is 1.95 bits per heavy atom. The van der Waals surface area contributed by atoms with Gasteiger partial charge in [0.15, 0.2) is 0 Å². The van der Waals surface area contributed by atoms with Gasteiger partial charge < -0.3 is 15.4 Å². The van der Waals surface area contributed by atoms with Crippen molar-refractivity contribution < 1.29 is 19.1 Å². The standard InChI is InChI=1S/C29H23ClN4O4S/c30-21-7-2-1-6-19(21)8-10-22-26(28(36)38-15-18-5-3-4-17(12-18)14-31)27(34-29(37)33-22)20-9-11-24-23(13-20)32-25(35)16-39-24/h1-7,9,11-13,26-27H,8,10,15-16H2,(H,32,35)(H,34,37)/t26?,27-/m1/s1. The molecular weight excluding hydrogens is 536 g/mol. The summed E-state index contributed by atoms with van der Waals surface area (Å²) in [7, 11) is 0. The number of nitrogens with one attached hydrogen (secondary N) is 2. The van der Waals surface area contributed by atoms with Gasteiger partial charge in [0.2, 0.25) is 5.91 Å². The number of aryl methyl sites for hydroxylation is 1. The highest BCUT2D eigenvalue weighted by atomic mass is 35.5. The minimum atomic E-state index is -0.908. The van der Waals surface area contributed by atoms with Gasteiger partial charge in [0.05, 0.1) is 29.1 Å². The maximum atomic E-state index is 13.6. The number of nitriles is 1. The topological polar surface area (TPSA) is 121 Å². The Morgan fingerprint density at radius 3 is 2.77 bits per heavy atom. The van der Waals surface area contributed by atoms with Crippen molar-refractivity contribution in [3.8, 4) is 6.07 Å². The summed E-state index contributed by atoms with van der Waals surface area (Å²) in [5.41, 5.74) is 3.66. The number of urea groups is 1. The van der Waals surface area contributed by atoms with Crippen LogP contribution in [0.3, 0.4) is 0 Å². The van der Waals surface area contributed by atoms with Crippen molar-refractivity contribution in [1.29, 1.82) is 5.26 Å². The van der Waals surface area contributed by atoms with E-state index in [2.05, 4.69) is 21.7 Å². The molecule has 5 rings (SSSR count). The number of carbonyl (C=O) groups excluding carboxylic acids is 3. The fourth-order valence-electron chi connectivity index (χ4n) is 4.63. The van der Waals surface area contributed by atoms with Crippen LogP contribution in [0.2, 0.25) is 5.02 Å². The first-order valence-electron chi connectivity index (χ1n) is 12.2. The minimum Gasteiger partial charge on any atom is -0.460 e. The number of esters is 1. The summed E-state index contributed by atoms with van der Waals surface area (Å²) in [5, 5.41) is 15.5. The highest BCUT2D eigenvalue weighted by Gasteiger charge is 2.40. The van der Waals surface area contributed by atoms with Crippen LogP contribution < -0.4 is 10.6 Å². The molecule has 196 valence electrons. The fourth-order valence-corrected chi connectivity index (χ4v) is 5.65. The Balaban J connectivity index is 1.45. The summed E-state index contributed by atoms with van der Waals surface area (Å²) in [6.45, 7) is -0.0415. The van der Waals surface area contributed by atoms with E-state index in [1.54, 1.807) is 36.4 Å². The van der Waals surface area contributed by atoms with Crippen LogP contribution in [-0.4, -0.2) is 29.4 Å². The molecular formula is C29H23ClN4O4S. The monoisotopic (exact) mass is 558 g/mol. The highest BCUT2D eigenvalue weighted by molar-refractivity contribution is 8.00. The zero-order chi connectivity index (χ0) is 27.4. The van der Waals surface area contributed by atoms with Crippen LogP contribution in [0.5, 0.6) is 0 Å². The van der Waals surface area contributed by atoms with Crippen LogP contribution >= 0.6 is 23.4 Å². The Morgan fingerprint density at radius 1 is 1.10 bits per heavy atom. The van der Waals surface area contributed by atoms with E-state index in [9.17, 15) is 19.6 Å². The number of amides is 3. The third kappa shape index (κ3) is 6.14. The summed E-state index contributed by atoms with van der Waals surface area (Å²) in [6.07, 6.45) is 0.790. The predicted octanol–water partition coefficient (Wildman–Crippen LogP) is 5.45. The number of hydrogen-bond acceptors (Lipinski definition) is 6. The van der Waals surface area contributed by atoms with E-state index in [0.717, 1.165) is 10.5 Å². The van der Waals surface area contributed by atoms with E-state index < -0.39 is 24.0 Å². The second-order valence-corrected chi connectivity index (χ2v) is 10.5. The molecule has 2 aliphatic rings. The van der Waals surface area contributed by atoms with Gasteiger partial charge in [0, 0.05) is 15.6 Å². The van der Waals surface area contributed by atoms with E-state index >= 15 is 0 Å². The quantitative estimate of drug-likeness (QED) is 0.372. The second kappa shape index (κ2) is 11.7. The number of hydrogen-bond donors (Lipinski definition) is 2. The van der Waals surface area contributed by atoms with Crippen molar-refractivity contribution in [3.05, 3.63) is 94.0 Å². The summed E-state index contributed by atoms with van der Waals surface area (Å²) in [5.74, 6) is -1.26. The van der Waals surface area contributed by atoms with Crippen LogP contribution in [0.4, 0.5) is 10.5 Å². The Labute approximate surface area is 234 Å². The second-order valence-electron chi connectivity index (χ2n) is 9.11. The third-order valence-corrected chi connectivity index (χ3v) is 7.95. The molecule has 8 nitrogen and oxygen atoms in total. The Kier molecular flexibility index (Phi) is 7.96. The van der Waals surface area contributed by atoms with E-state index in [0.29, 0.717) is 51.7 Å². The lowest BCUT2D eigenvalue weighted by atomic mass is 9.85. The van der Waals surface area contributed by atoms with Crippen LogP contribution in [-0.2, 0) is 27.4 Å². The van der Waals surface area contributed by atoms with E-state index in [1.165, 1.54) is 11.8 Å². The number of rotatable bonds is 7. The summed E-state index contributed by atoms with van der Waals surface area (Å²) < 4.78 is 5.71. The molecule has 1 unspecified atom stereocenters. The molecule has 0 fully saturated rings. The van der Waals surface area contributed by atoms with Gasteiger partial charge in [0.25, 0.3) is 0 Å². The summed E-state index contributed by atoms with van der Waals surface area (Å²) >= 11 is 7.77. The maximum Gasteiger partial charge on any atom is 0.341 e. The number of aliphatic imine (C=N–C) groups is 1. The number of fused-ring (bicyclic) bond motifs is 1. The van der Waals surface area contributed by atoms with Crippen LogP contribution in [0, 0.1) is 17.2 Å². The molecule has 2 heterocycles. The van der Waals surface area contributed by atoms with Gasteiger partial charge in [-0.1, -0.05) is 48.0 Å². The SMILES string of the molecule is N#Cc1cccc(COC(=O)C2C(CCc3ccccc3Cl)=NC(=O)N[C@@H]2c2ccc3c(c2)NC(=O)CS3)c1. The van der Waals surface area contributed by atoms with Crippen molar-refractivity contribution in [2.24, 2.45) is 10.9 Å². The van der Waals surface area contributed by atoms with Gasteiger partial charge in [-0.3, -0.25) is 9.59 Å². The molecule has 0 saturated carbocycles. The van der Waals surface area contributed by atoms with E-state index in [-0.39, 0.29) is 12.5 Å². The predicted molar refractivity (Wildman–Crippen MR) is 149 cm³/mol. The summed E-state index contributed by atoms with van der Waals surface area (Å²) in [4.78, 5) is 43.4. The molecule has 39 heavy (non-hydrogen) atoms. The van der Waals surface area contributed by atoms with Crippen molar-refractivity contribution in [1.82, 2.24) is 5.32 Å². The van der Waals surface area contributed by atoms with Crippen LogP contribution in [0.1, 0.15) is 34.7 Å². The lowest BCUT2D eigenvalue weighted by Gasteiger charge is -2.32.